The fourth-order valence-electron chi connectivity index (χ4n) is 2.23. The second-order valence-corrected chi connectivity index (χ2v) is 7.27. The van der Waals surface area contributed by atoms with Crippen LogP contribution < -0.4 is 4.74 Å². The zero-order chi connectivity index (χ0) is 15.6. The van der Waals surface area contributed by atoms with Crippen LogP contribution in [0.15, 0.2) is 23.1 Å². The minimum atomic E-state index is -3.47. The Kier molecular flexibility index (Phi) is 4.61. The molecule has 2 rings (SSSR count). The smallest absolute Gasteiger partial charge is 0.175 e. The number of halogens is 2. The number of ether oxygens (including phenoxy) is 1. The van der Waals surface area contributed by atoms with Crippen molar-refractivity contribution in [1.82, 2.24) is 0 Å². The highest BCUT2D eigenvalue weighted by atomic mass is 32.2. The van der Waals surface area contributed by atoms with Gasteiger partial charge in [-0.15, -0.1) is 0 Å². The number of rotatable bonds is 4. The second kappa shape index (κ2) is 6.09. The maximum Gasteiger partial charge on any atom is 0.175 e. The Morgan fingerprint density at radius 1 is 1.38 bits per heavy atom. The first kappa shape index (κ1) is 15.9. The summed E-state index contributed by atoms with van der Waals surface area (Å²) in [6.45, 7) is 0.100. The van der Waals surface area contributed by atoms with Gasteiger partial charge >= 0.3 is 0 Å². The Hall–Kier alpha value is -1.50. The van der Waals surface area contributed by atoms with E-state index < -0.39 is 27.6 Å². The van der Waals surface area contributed by atoms with Gasteiger partial charge in [-0.05, 0) is 37.0 Å². The predicted molar refractivity (Wildman–Crippen MR) is 72.2 cm³/mol. The van der Waals surface area contributed by atoms with Gasteiger partial charge in [-0.1, -0.05) is 0 Å². The minimum absolute atomic E-state index is 0.0743. The van der Waals surface area contributed by atoms with E-state index in [2.05, 4.69) is 0 Å². The van der Waals surface area contributed by atoms with Gasteiger partial charge in [0.05, 0.1) is 11.5 Å². The van der Waals surface area contributed by atoms with E-state index in [0.29, 0.717) is 6.42 Å². The molecule has 0 aromatic heterocycles. The number of ketones is 1. The number of carbonyl (C=O) groups is 1. The van der Waals surface area contributed by atoms with Crippen molar-refractivity contribution in [3.8, 4) is 5.75 Å². The molecule has 1 saturated carbocycles. The van der Waals surface area contributed by atoms with Crippen LogP contribution >= 0.6 is 0 Å². The normalized spacial score (nSPS) is 23.1. The third kappa shape index (κ3) is 4.00. The lowest BCUT2D eigenvalue weighted by Crippen LogP contribution is -2.29. The van der Waals surface area contributed by atoms with Crippen molar-refractivity contribution >= 4 is 15.6 Å². The molecule has 1 fully saturated rings. The third-order valence-corrected chi connectivity index (χ3v) is 4.60. The summed E-state index contributed by atoms with van der Waals surface area (Å²) in [4.78, 5) is 10.9. The molecule has 0 bridgehead atoms. The van der Waals surface area contributed by atoms with Gasteiger partial charge < -0.3 is 4.74 Å². The lowest BCUT2D eigenvalue weighted by molar-refractivity contribution is -0.126. The van der Waals surface area contributed by atoms with Gasteiger partial charge in [0, 0.05) is 12.7 Å². The molecule has 0 amide bonds. The summed E-state index contributed by atoms with van der Waals surface area (Å²) in [5.41, 5.74) is 0. The highest BCUT2D eigenvalue weighted by molar-refractivity contribution is 7.90. The Bertz CT molecular complexity index is 642. The lowest BCUT2D eigenvalue weighted by atomic mass is 9.88. The molecule has 0 saturated heterocycles. The molecule has 0 aliphatic heterocycles. The van der Waals surface area contributed by atoms with E-state index in [4.69, 9.17) is 4.74 Å². The van der Waals surface area contributed by atoms with Crippen LogP contribution in [0.4, 0.5) is 8.78 Å². The van der Waals surface area contributed by atoms with Crippen LogP contribution in [0.1, 0.15) is 19.3 Å². The van der Waals surface area contributed by atoms with Gasteiger partial charge in [0.15, 0.2) is 33.4 Å². The largest absolute Gasteiger partial charge is 0.490 e. The SMILES string of the molecule is CS(=O)(=O)c1ccc(OCC2CCC(=O)C(F)C2)c(F)c1. The molecule has 21 heavy (non-hydrogen) atoms. The first-order valence-corrected chi connectivity index (χ1v) is 8.45. The van der Waals surface area contributed by atoms with E-state index in [1.165, 1.54) is 12.1 Å². The van der Waals surface area contributed by atoms with E-state index >= 15 is 0 Å². The van der Waals surface area contributed by atoms with Crippen molar-refractivity contribution in [3.05, 3.63) is 24.0 Å². The molecule has 0 radical (unpaired) electrons. The first-order valence-electron chi connectivity index (χ1n) is 6.56. The third-order valence-electron chi connectivity index (χ3n) is 3.49. The van der Waals surface area contributed by atoms with Crippen molar-refractivity contribution in [2.45, 2.75) is 30.3 Å². The molecule has 1 aromatic rings. The van der Waals surface area contributed by atoms with Crippen LogP contribution in [0.2, 0.25) is 0 Å². The standard InChI is InChI=1S/C14H16F2O4S/c1-21(18,19)10-3-5-14(12(16)7-10)20-8-9-2-4-13(17)11(15)6-9/h3,5,7,9,11H,2,4,6,8H2,1H3. The zero-order valence-corrected chi connectivity index (χ0v) is 12.3. The van der Waals surface area contributed by atoms with Crippen molar-refractivity contribution in [2.24, 2.45) is 5.92 Å². The summed E-state index contributed by atoms with van der Waals surface area (Å²) in [5.74, 6) is -1.39. The van der Waals surface area contributed by atoms with Crippen LogP contribution in [0.5, 0.6) is 5.75 Å². The molecule has 0 heterocycles. The van der Waals surface area contributed by atoms with Gasteiger partial charge in [0.25, 0.3) is 0 Å². The van der Waals surface area contributed by atoms with Gasteiger partial charge in [-0.3, -0.25) is 4.79 Å². The van der Waals surface area contributed by atoms with Crippen LogP contribution in [-0.2, 0) is 14.6 Å². The lowest BCUT2D eigenvalue weighted by Gasteiger charge is -2.23. The molecule has 7 heteroatoms. The fourth-order valence-corrected chi connectivity index (χ4v) is 2.87. The van der Waals surface area contributed by atoms with Crippen molar-refractivity contribution in [2.75, 3.05) is 12.9 Å². The highest BCUT2D eigenvalue weighted by Gasteiger charge is 2.28. The number of benzene rings is 1. The first-order chi connectivity index (χ1) is 9.77. The van der Waals surface area contributed by atoms with E-state index in [1.54, 1.807) is 0 Å². The molecule has 4 nitrogen and oxygen atoms in total. The molecule has 116 valence electrons. The Labute approximate surface area is 122 Å². The summed E-state index contributed by atoms with van der Waals surface area (Å²) in [6, 6.07) is 3.40. The number of Topliss-reactive ketones (excluding diaryl/α,β-unsaturated/α-hetero) is 1. The molecule has 2 unspecified atom stereocenters. The summed E-state index contributed by atoms with van der Waals surface area (Å²) in [5, 5.41) is 0. The summed E-state index contributed by atoms with van der Waals surface area (Å²) in [6.07, 6.45) is 0.294. The number of hydrogen-bond acceptors (Lipinski definition) is 4. The van der Waals surface area contributed by atoms with Crippen molar-refractivity contribution in [3.63, 3.8) is 0 Å². The molecule has 1 aliphatic rings. The number of sulfone groups is 1. The topological polar surface area (TPSA) is 60.4 Å². The van der Waals surface area contributed by atoms with E-state index in [1.807, 2.05) is 0 Å². The highest BCUT2D eigenvalue weighted by Crippen LogP contribution is 2.26. The van der Waals surface area contributed by atoms with Crippen LogP contribution in [-0.4, -0.2) is 33.2 Å². The molecule has 0 spiro atoms. The second-order valence-electron chi connectivity index (χ2n) is 5.25. The van der Waals surface area contributed by atoms with E-state index in [9.17, 15) is 22.0 Å². The number of hydrogen-bond donors (Lipinski definition) is 0. The van der Waals surface area contributed by atoms with Gasteiger partial charge in [-0.25, -0.2) is 17.2 Å². The number of carbonyl (C=O) groups excluding carboxylic acids is 1. The number of alkyl halides is 1. The van der Waals surface area contributed by atoms with Gasteiger partial charge in [0.2, 0.25) is 0 Å². The quantitative estimate of drug-likeness (QED) is 0.855. The fraction of sp³-hybridized carbons (Fsp3) is 0.500. The Morgan fingerprint density at radius 3 is 2.67 bits per heavy atom. The predicted octanol–water partition coefficient (Wildman–Crippen LogP) is 2.32. The van der Waals surface area contributed by atoms with Gasteiger partial charge in [0.1, 0.15) is 0 Å². The van der Waals surface area contributed by atoms with Crippen LogP contribution in [0.25, 0.3) is 0 Å². The summed E-state index contributed by atoms with van der Waals surface area (Å²) < 4.78 is 54.9. The Balaban J connectivity index is 1.99. The van der Waals surface area contributed by atoms with E-state index in [-0.39, 0.29) is 36.0 Å². The van der Waals surface area contributed by atoms with Gasteiger partial charge in [-0.2, -0.15) is 0 Å². The van der Waals surface area contributed by atoms with Crippen LogP contribution in [0, 0.1) is 11.7 Å². The van der Waals surface area contributed by atoms with Crippen molar-refractivity contribution in [1.29, 1.82) is 0 Å². The maximum atomic E-state index is 13.8. The Morgan fingerprint density at radius 2 is 2.10 bits per heavy atom. The minimum Gasteiger partial charge on any atom is -0.490 e. The molecule has 1 aromatic carbocycles. The molecule has 1 aliphatic carbocycles. The van der Waals surface area contributed by atoms with Crippen molar-refractivity contribution < 1.29 is 26.7 Å². The average Bonchev–Trinajstić information content (AvgIpc) is 2.40. The molecule has 2 atom stereocenters. The monoisotopic (exact) mass is 318 g/mol. The zero-order valence-electron chi connectivity index (χ0n) is 11.5. The molecule has 0 N–H and O–H groups in total. The van der Waals surface area contributed by atoms with Crippen LogP contribution in [0.3, 0.4) is 0 Å². The average molecular weight is 318 g/mol. The summed E-state index contributed by atoms with van der Waals surface area (Å²) >= 11 is 0. The molecular weight excluding hydrogens is 302 g/mol. The maximum absolute atomic E-state index is 13.8. The van der Waals surface area contributed by atoms with E-state index in [0.717, 1.165) is 12.3 Å². The summed E-state index contributed by atoms with van der Waals surface area (Å²) in [7, 11) is -3.47. The molecular formula is C14H16F2O4S.